The molecule has 0 spiro atoms. The van der Waals surface area contributed by atoms with E-state index in [0.717, 1.165) is 59.9 Å². The lowest BCUT2D eigenvalue weighted by atomic mass is 9.94. The van der Waals surface area contributed by atoms with E-state index < -0.39 is 0 Å². The molecule has 2 N–H and O–H groups in total. The topological polar surface area (TPSA) is 57.8 Å². The summed E-state index contributed by atoms with van der Waals surface area (Å²) in [6.45, 7) is 1.55. The average molecular weight is 316 g/mol. The maximum Gasteiger partial charge on any atom is 0.255 e. The van der Waals surface area contributed by atoms with Crippen molar-refractivity contribution in [3.05, 3.63) is 62.3 Å². The minimum Gasteiger partial charge on any atom is -0.312 e. The van der Waals surface area contributed by atoms with Crippen LogP contribution in [0.2, 0.25) is 5.02 Å². The Morgan fingerprint density at radius 3 is 2.91 bits per heavy atom. The summed E-state index contributed by atoms with van der Waals surface area (Å²) in [6.07, 6.45) is 3.90. The molecule has 2 aliphatic rings. The summed E-state index contributed by atoms with van der Waals surface area (Å²) in [4.78, 5) is 20.3. The Balaban J connectivity index is 1.82. The number of hydrogen-bond acceptors (Lipinski definition) is 3. The highest BCUT2D eigenvalue weighted by molar-refractivity contribution is 6.30. The fourth-order valence-corrected chi connectivity index (χ4v) is 3.52. The summed E-state index contributed by atoms with van der Waals surface area (Å²) in [5.74, 6) is 0.806. The van der Waals surface area contributed by atoms with Crippen molar-refractivity contribution in [2.75, 3.05) is 6.54 Å². The van der Waals surface area contributed by atoms with Gasteiger partial charge in [-0.3, -0.25) is 4.79 Å². The molecule has 0 atom stereocenters. The first-order chi connectivity index (χ1) is 10.7. The normalized spacial score (nSPS) is 19.3. The van der Waals surface area contributed by atoms with Crippen LogP contribution in [0.15, 0.2) is 29.1 Å². The predicted molar refractivity (Wildman–Crippen MR) is 86.4 cm³/mol. The van der Waals surface area contributed by atoms with E-state index in [-0.39, 0.29) is 11.0 Å². The Hall–Kier alpha value is -1.65. The molecule has 4 rings (SSSR count). The van der Waals surface area contributed by atoms with Crippen molar-refractivity contribution in [2.45, 2.75) is 37.6 Å². The summed E-state index contributed by atoms with van der Waals surface area (Å²) in [5, 5.41) is 4.01. The zero-order valence-electron chi connectivity index (χ0n) is 12.3. The van der Waals surface area contributed by atoms with Gasteiger partial charge in [0, 0.05) is 11.6 Å². The van der Waals surface area contributed by atoms with E-state index in [2.05, 4.69) is 16.4 Å². The first kappa shape index (κ1) is 14.0. The molecule has 2 aromatic rings. The van der Waals surface area contributed by atoms with Gasteiger partial charge in [0.25, 0.3) is 5.56 Å². The van der Waals surface area contributed by atoms with Gasteiger partial charge >= 0.3 is 0 Å². The second-order valence-corrected chi connectivity index (χ2v) is 6.65. The van der Waals surface area contributed by atoms with Gasteiger partial charge in [-0.1, -0.05) is 23.7 Å². The third-order valence-corrected chi connectivity index (χ3v) is 4.99. The highest BCUT2D eigenvalue weighted by Crippen LogP contribution is 2.52. The number of aryl methyl sites for hydroxylation is 1. The van der Waals surface area contributed by atoms with Crippen LogP contribution < -0.4 is 10.9 Å². The van der Waals surface area contributed by atoms with E-state index >= 15 is 0 Å². The standard InChI is InChI=1S/C17H18ClN3O/c18-12-4-1-3-11(9-12)17(6-7-17)16-20-14-5-2-8-19-10-13(14)15(22)21-16/h1,3-4,9,19H,2,5-8,10H2,(H,20,21,22). The van der Waals surface area contributed by atoms with Crippen molar-refractivity contribution in [1.82, 2.24) is 15.3 Å². The molecule has 1 fully saturated rings. The van der Waals surface area contributed by atoms with Crippen molar-refractivity contribution in [3.63, 3.8) is 0 Å². The van der Waals surface area contributed by atoms with Crippen molar-refractivity contribution >= 4 is 11.6 Å². The number of nitrogens with zero attached hydrogens (tertiary/aromatic N) is 1. The smallest absolute Gasteiger partial charge is 0.255 e. The Morgan fingerprint density at radius 2 is 2.14 bits per heavy atom. The molecule has 1 aliphatic heterocycles. The quantitative estimate of drug-likeness (QED) is 0.895. The molecule has 0 radical (unpaired) electrons. The van der Waals surface area contributed by atoms with Crippen LogP contribution in [0.4, 0.5) is 0 Å². The molecule has 0 amide bonds. The molecule has 22 heavy (non-hydrogen) atoms. The van der Waals surface area contributed by atoms with Crippen molar-refractivity contribution in [2.24, 2.45) is 0 Å². The summed E-state index contributed by atoms with van der Waals surface area (Å²) in [7, 11) is 0. The number of aromatic amines is 1. The number of nitrogens with one attached hydrogen (secondary N) is 2. The van der Waals surface area contributed by atoms with Gasteiger partial charge in [-0.2, -0.15) is 0 Å². The van der Waals surface area contributed by atoms with E-state index in [9.17, 15) is 4.79 Å². The van der Waals surface area contributed by atoms with Crippen LogP contribution in [-0.4, -0.2) is 16.5 Å². The van der Waals surface area contributed by atoms with E-state index in [1.54, 1.807) is 0 Å². The number of benzene rings is 1. The van der Waals surface area contributed by atoms with Crippen LogP contribution in [-0.2, 0) is 18.4 Å². The number of halogens is 1. The molecule has 5 heteroatoms. The lowest BCUT2D eigenvalue weighted by molar-refractivity contribution is 0.678. The minimum atomic E-state index is -0.154. The van der Waals surface area contributed by atoms with Gasteiger partial charge in [-0.05, 0) is 49.9 Å². The van der Waals surface area contributed by atoms with Crippen LogP contribution in [0.25, 0.3) is 0 Å². The molecule has 1 aliphatic carbocycles. The third kappa shape index (κ3) is 2.27. The van der Waals surface area contributed by atoms with Gasteiger partial charge < -0.3 is 10.3 Å². The molecule has 4 nitrogen and oxygen atoms in total. The van der Waals surface area contributed by atoms with Gasteiger partial charge in [-0.25, -0.2) is 4.98 Å². The maximum atomic E-state index is 12.4. The number of fused-ring (bicyclic) bond motifs is 1. The summed E-state index contributed by atoms with van der Waals surface area (Å²) >= 11 is 6.13. The molecule has 0 saturated heterocycles. The van der Waals surface area contributed by atoms with Gasteiger partial charge in [0.1, 0.15) is 5.82 Å². The SMILES string of the molecule is O=c1[nH]c(C2(c3cccc(Cl)c3)CC2)nc2c1CNCCC2. The predicted octanol–water partition coefficient (Wildman–Crippen LogP) is 2.54. The zero-order valence-corrected chi connectivity index (χ0v) is 13.0. The lowest BCUT2D eigenvalue weighted by Gasteiger charge is -2.17. The first-order valence-electron chi connectivity index (χ1n) is 7.78. The van der Waals surface area contributed by atoms with Crippen molar-refractivity contribution < 1.29 is 0 Å². The van der Waals surface area contributed by atoms with Crippen LogP contribution in [0.3, 0.4) is 0 Å². The van der Waals surface area contributed by atoms with Crippen LogP contribution in [0.5, 0.6) is 0 Å². The highest BCUT2D eigenvalue weighted by atomic mass is 35.5. The Labute approximate surface area is 133 Å². The summed E-state index contributed by atoms with van der Waals surface area (Å²) in [6, 6.07) is 7.90. The Kier molecular flexibility index (Phi) is 3.31. The Morgan fingerprint density at radius 1 is 1.27 bits per heavy atom. The zero-order chi connectivity index (χ0) is 15.2. The highest BCUT2D eigenvalue weighted by Gasteiger charge is 2.48. The van der Waals surface area contributed by atoms with Crippen LogP contribution in [0, 0.1) is 0 Å². The summed E-state index contributed by atoms with van der Waals surface area (Å²) < 4.78 is 0. The van der Waals surface area contributed by atoms with E-state index in [1.807, 2.05) is 18.2 Å². The van der Waals surface area contributed by atoms with Crippen molar-refractivity contribution in [3.8, 4) is 0 Å². The summed E-state index contributed by atoms with van der Waals surface area (Å²) in [5.41, 5.74) is 2.75. The Bertz CT molecular complexity index is 780. The second kappa shape index (κ2) is 5.21. The average Bonchev–Trinajstić information content (AvgIpc) is 3.32. The van der Waals surface area contributed by atoms with Gasteiger partial charge in [0.2, 0.25) is 0 Å². The largest absolute Gasteiger partial charge is 0.312 e. The molecule has 0 bridgehead atoms. The minimum absolute atomic E-state index is 0.00250. The number of aromatic nitrogens is 2. The fourth-order valence-electron chi connectivity index (χ4n) is 3.33. The first-order valence-corrected chi connectivity index (χ1v) is 8.16. The monoisotopic (exact) mass is 315 g/mol. The van der Waals surface area contributed by atoms with Gasteiger partial charge in [0.15, 0.2) is 0 Å². The molecule has 1 saturated carbocycles. The number of hydrogen-bond donors (Lipinski definition) is 2. The molecular weight excluding hydrogens is 298 g/mol. The van der Waals surface area contributed by atoms with Gasteiger partial charge in [-0.15, -0.1) is 0 Å². The van der Waals surface area contributed by atoms with Crippen LogP contribution in [0.1, 0.15) is 41.9 Å². The number of H-pyrrole nitrogens is 1. The molecular formula is C17H18ClN3O. The molecule has 0 unspecified atom stereocenters. The van der Waals surface area contributed by atoms with E-state index in [0.29, 0.717) is 6.54 Å². The van der Waals surface area contributed by atoms with E-state index in [4.69, 9.17) is 16.6 Å². The lowest BCUT2D eigenvalue weighted by Crippen LogP contribution is -2.26. The third-order valence-electron chi connectivity index (χ3n) is 4.75. The molecule has 114 valence electrons. The second-order valence-electron chi connectivity index (χ2n) is 6.21. The molecule has 2 heterocycles. The van der Waals surface area contributed by atoms with Crippen LogP contribution >= 0.6 is 11.6 Å². The maximum absolute atomic E-state index is 12.4. The van der Waals surface area contributed by atoms with Gasteiger partial charge in [0.05, 0.1) is 16.7 Å². The number of rotatable bonds is 2. The molecule has 1 aromatic heterocycles. The van der Waals surface area contributed by atoms with Crippen molar-refractivity contribution in [1.29, 1.82) is 0 Å². The van der Waals surface area contributed by atoms with E-state index in [1.165, 1.54) is 0 Å². The molecule has 1 aromatic carbocycles. The fraction of sp³-hybridized carbons (Fsp3) is 0.412.